The molecule has 0 fully saturated rings. The van der Waals surface area contributed by atoms with Crippen LogP contribution in [-0.2, 0) is 0 Å². The summed E-state index contributed by atoms with van der Waals surface area (Å²) < 4.78 is 0. The van der Waals surface area contributed by atoms with Gasteiger partial charge in [-0.05, 0) is 13.8 Å². The van der Waals surface area contributed by atoms with E-state index < -0.39 is 0 Å². The lowest BCUT2D eigenvalue weighted by molar-refractivity contribution is 0.399. The molecule has 0 aromatic heterocycles. The fourth-order valence-electron chi connectivity index (χ4n) is 0.448. The van der Waals surface area contributed by atoms with E-state index in [2.05, 4.69) is 13.2 Å². The van der Waals surface area contributed by atoms with Crippen LogP contribution in [-0.4, -0.2) is 12.2 Å². The molecule has 1 heteroatoms. The second kappa shape index (κ2) is 8.18. The van der Waals surface area contributed by atoms with Gasteiger partial charge in [0.25, 0.3) is 0 Å². The SMILES string of the molecule is C=C/C(C)=C\C(=C)C.CO. The van der Waals surface area contributed by atoms with Crippen molar-refractivity contribution in [2.75, 3.05) is 7.11 Å². The molecule has 0 unspecified atom stereocenters. The molecule has 0 aromatic carbocycles. The summed E-state index contributed by atoms with van der Waals surface area (Å²) in [4.78, 5) is 0. The molecule has 0 spiro atoms. The zero-order valence-electron chi connectivity index (χ0n) is 7.02. The standard InChI is InChI=1S/C8H12.CH4O/c1-5-8(4)6-7(2)3;1-2/h5-6H,1-2H2,3-4H3;2H,1H3/b8-6-;. The first-order valence-electron chi connectivity index (χ1n) is 3.08. The van der Waals surface area contributed by atoms with Gasteiger partial charge in [-0.3, -0.25) is 0 Å². The van der Waals surface area contributed by atoms with Crippen LogP contribution < -0.4 is 0 Å². The zero-order chi connectivity index (χ0) is 8.57. The van der Waals surface area contributed by atoms with Crippen molar-refractivity contribution >= 4 is 0 Å². The molecule has 0 saturated carbocycles. The van der Waals surface area contributed by atoms with Gasteiger partial charge < -0.3 is 5.11 Å². The number of aliphatic hydroxyl groups excluding tert-OH is 1. The molecule has 0 aliphatic rings. The van der Waals surface area contributed by atoms with Crippen molar-refractivity contribution in [3.05, 3.63) is 36.5 Å². The Morgan fingerprint density at radius 1 is 1.30 bits per heavy atom. The van der Waals surface area contributed by atoms with E-state index in [0.717, 1.165) is 18.3 Å². The second-order valence-electron chi connectivity index (χ2n) is 1.94. The van der Waals surface area contributed by atoms with Gasteiger partial charge in [-0.2, -0.15) is 0 Å². The third-order valence-electron chi connectivity index (χ3n) is 0.796. The van der Waals surface area contributed by atoms with E-state index >= 15 is 0 Å². The number of allylic oxidation sites excluding steroid dienone is 4. The van der Waals surface area contributed by atoms with Crippen LogP contribution in [0.1, 0.15) is 13.8 Å². The average molecular weight is 140 g/mol. The van der Waals surface area contributed by atoms with Gasteiger partial charge in [-0.15, -0.1) is 0 Å². The molecule has 0 radical (unpaired) electrons. The Hall–Kier alpha value is -0.820. The number of rotatable bonds is 2. The molecular formula is C9H16O. The lowest BCUT2D eigenvalue weighted by Crippen LogP contribution is -1.66. The summed E-state index contributed by atoms with van der Waals surface area (Å²) in [6.07, 6.45) is 3.81. The van der Waals surface area contributed by atoms with Gasteiger partial charge >= 0.3 is 0 Å². The summed E-state index contributed by atoms with van der Waals surface area (Å²) in [6.45, 7) is 11.3. The molecule has 0 aromatic rings. The summed E-state index contributed by atoms with van der Waals surface area (Å²) in [6, 6.07) is 0. The van der Waals surface area contributed by atoms with Gasteiger partial charge in [0, 0.05) is 7.11 Å². The first-order valence-corrected chi connectivity index (χ1v) is 3.08. The maximum Gasteiger partial charge on any atom is 0.0319 e. The van der Waals surface area contributed by atoms with E-state index in [1.165, 1.54) is 0 Å². The monoisotopic (exact) mass is 140 g/mol. The van der Waals surface area contributed by atoms with Crippen molar-refractivity contribution in [1.82, 2.24) is 0 Å². The highest BCUT2D eigenvalue weighted by atomic mass is 16.2. The van der Waals surface area contributed by atoms with Crippen LogP contribution >= 0.6 is 0 Å². The van der Waals surface area contributed by atoms with E-state index in [1.54, 1.807) is 0 Å². The molecular weight excluding hydrogens is 124 g/mol. The summed E-state index contributed by atoms with van der Waals surface area (Å²) in [7, 11) is 1.00. The Morgan fingerprint density at radius 2 is 1.70 bits per heavy atom. The molecule has 0 amide bonds. The highest BCUT2D eigenvalue weighted by molar-refractivity contribution is 5.23. The highest BCUT2D eigenvalue weighted by Crippen LogP contribution is 1.97. The fraction of sp³-hybridized carbons (Fsp3) is 0.333. The van der Waals surface area contributed by atoms with E-state index in [-0.39, 0.29) is 0 Å². The smallest absolute Gasteiger partial charge is 0.0319 e. The molecule has 0 aliphatic carbocycles. The minimum Gasteiger partial charge on any atom is -0.400 e. The molecule has 1 N–H and O–H groups in total. The van der Waals surface area contributed by atoms with Crippen LogP contribution in [0.5, 0.6) is 0 Å². The van der Waals surface area contributed by atoms with Crippen LogP contribution in [0.2, 0.25) is 0 Å². The molecule has 0 bridgehead atoms. The minimum atomic E-state index is 1.00. The Labute approximate surface area is 63.4 Å². The van der Waals surface area contributed by atoms with Crippen molar-refractivity contribution in [3.63, 3.8) is 0 Å². The number of hydrogen-bond donors (Lipinski definition) is 1. The van der Waals surface area contributed by atoms with E-state index in [4.69, 9.17) is 5.11 Å². The molecule has 58 valence electrons. The van der Waals surface area contributed by atoms with E-state index in [9.17, 15) is 0 Å². The van der Waals surface area contributed by atoms with Gasteiger partial charge in [0.1, 0.15) is 0 Å². The molecule has 0 heterocycles. The summed E-state index contributed by atoms with van der Waals surface area (Å²) in [5, 5.41) is 7.00. The van der Waals surface area contributed by atoms with Gasteiger partial charge in [-0.25, -0.2) is 0 Å². The topological polar surface area (TPSA) is 20.2 Å². The third kappa shape index (κ3) is 10.2. The molecule has 0 rings (SSSR count). The molecule has 1 nitrogen and oxygen atoms in total. The van der Waals surface area contributed by atoms with Crippen LogP contribution in [0, 0.1) is 0 Å². The van der Waals surface area contributed by atoms with Crippen molar-refractivity contribution in [2.24, 2.45) is 0 Å². The van der Waals surface area contributed by atoms with Crippen LogP contribution in [0.15, 0.2) is 36.5 Å². The van der Waals surface area contributed by atoms with Crippen molar-refractivity contribution in [2.45, 2.75) is 13.8 Å². The van der Waals surface area contributed by atoms with E-state index in [0.29, 0.717) is 0 Å². The van der Waals surface area contributed by atoms with Crippen molar-refractivity contribution in [3.8, 4) is 0 Å². The molecule has 0 aliphatic heterocycles. The first-order chi connectivity index (χ1) is 4.66. The third-order valence-corrected chi connectivity index (χ3v) is 0.796. The largest absolute Gasteiger partial charge is 0.400 e. The Bertz CT molecular complexity index is 132. The normalized spacial score (nSPS) is 9.40. The lowest BCUT2D eigenvalue weighted by atomic mass is 10.2. The predicted molar refractivity (Wildman–Crippen MR) is 46.9 cm³/mol. The Morgan fingerprint density at radius 3 is 1.80 bits per heavy atom. The predicted octanol–water partition coefficient (Wildman–Crippen LogP) is 2.30. The molecule has 0 atom stereocenters. The Balaban J connectivity index is 0. The van der Waals surface area contributed by atoms with Crippen molar-refractivity contribution < 1.29 is 5.11 Å². The quantitative estimate of drug-likeness (QED) is 0.583. The minimum absolute atomic E-state index is 1.00. The number of hydrogen-bond acceptors (Lipinski definition) is 1. The Kier molecular flexibility index (Phi) is 9.75. The van der Waals surface area contributed by atoms with E-state index in [1.807, 2.05) is 26.0 Å². The van der Waals surface area contributed by atoms with Gasteiger partial charge in [0.15, 0.2) is 0 Å². The molecule has 10 heavy (non-hydrogen) atoms. The fourth-order valence-corrected chi connectivity index (χ4v) is 0.448. The molecule has 0 saturated heterocycles. The summed E-state index contributed by atoms with van der Waals surface area (Å²) >= 11 is 0. The zero-order valence-corrected chi connectivity index (χ0v) is 7.02. The summed E-state index contributed by atoms with van der Waals surface area (Å²) in [5.74, 6) is 0. The highest BCUT2D eigenvalue weighted by Gasteiger charge is 1.76. The second-order valence-corrected chi connectivity index (χ2v) is 1.94. The van der Waals surface area contributed by atoms with Crippen LogP contribution in [0.3, 0.4) is 0 Å². The first kappa shape index (κ1) is 11.9. The lowest BCUT2D eigenvalue weighted by Gasteiger charge is -1.87. The van der Waals surface area contributed by atoms with Crippen LogP contribution in [0.4, 0.5) is 0 Å². The average Bonchev–Trinajstić information content (AvgIpc) is 1.91. The van der Waals surface area contributed by atoms with Gasteiger partial charge in [-0.1, -0.05) is 36.5 Å². The number of aliphatic hydroxyl groups is 1. The van der Waals surface area contributed by atoms with Gasteiger partial charge in [0.05, 0.1) is 0 Å². The maximum atomic E-state index is 7.00. The maximum absolute atomic E-state index is 7.00. The van der Waals surface area contributed by atoms with Crippen molar-refractivity contribution in [1.29, 1.82) is 0 Å². The summed E-state index contributed by atoms with van der Waals surface area (Å²) in [5.41, 5.74) is 2.24. The van der Waals surface area contributed by atoms with Gasteiger partial charge in [0.2, 0.25) is 0 Å². The van der Waals surface area contributed by atoms with Crippen LogP contribution in [0.25, 0.3) is 0 Å².